The van der Waals surface area contributed by atoms with Crippen LogP contribution in [0.5, 0.6) is 0 Å². The lowest BCUT2D eigenvalue weighted by Gasteiger charge is -2.37. The summed E-state index contributed by atoms with van der Waals surface area (Å²) in [4.78, 5) is 28.7. The highest BCUT2D eigenvalue weighted by molar-refractivity contribution is 6.30. The van der Waals surface area contributed by atoms with Crippen molar-refractivity contribution >= 4 is 23.5 Å². The second kappa shape index (κ2) is 7.18. The first-order valence-corrected chi connectivity index (χ1v) is 9.54. The van der Waals surface area contributed by atoms with Crippen molar-refractivity contribution < 1.29 is 19.4 Å². The van der Waals surface area contributed by atoms with Crippen LogP contribution in [-0.2, 0) is 20.9 Å². The van der Waals surface area contributed by atoms with Crippen LogP contribution in [0.3, 0.4) is 0 Å². The summed E-state index contributed by atoms with van der Waals surface area (Å²) in [5, 5.41) is 10.2. The Kier molecular flexibility index (Phi) is 4.90. The van der Waals surface area contributed by atoms with Gasteiger partial charge in [0.05, 0.1) is 24.0 Å². The van der Waals surface area contributed by atoms with Gasteiger partial charge in [-0.1, -0.05) is 23.7 Å². The molecule has 1 aromatic carbocycles. The van der Waals surface area contributed by atoms with Crippen molar-refractivity contribution in [2.24, 2.45) is 11.8 Å². The summed E-state index contributed by atoms with van der Waals surface area (Å²) in [6, 6.07) is 7.81. The number of aliphatic carboxylic acids is 1. The predicted octanol–water partition coefficient (Wildman–Crippen LogP) is 1.86. The normalized spacial score (nSPS) is 31.3. The Balaban J connectivity index is 1.35. The third kappa shape index (κ3) is 3.33. The number of nitrogens with zero attached hydrogens (tertiary/aromatic N) is 2. The number of piperazine rings is 1. The van der Waals surface area contributed by atoms with E-state index in [9.17, 15) is 14.7 Å². The Hall–Kier alpha value is -1.63. The summed E-state index contributed by atoms with van der Waals surface area (Å²) < 4.78 is 5.73. The van der Waals surface area contributed by atoms with Crippen LogP contribution >= 0.6 is 11.6 Å². The first kappa shape index (κ1) is 17.8. The number of hydrogen-bond donors (Lipinski definition) is 1. The quantitative estimate of drug-likeness (QED) is 0.866. The molecular weight excluding hydrogens is 356 g/mol. The fraction of sp³-hybridized carbons (Fsp3) is 0.579. The van der Waals surface area contributed by atoms with Gasteiger partial charge in [0.25, 0.3) is 0 Å². The number of benzene rings is 1. The lowest BCUT2D eigenvalue weighted by Crippen LogP contribution is -2.53. The molecule has 1 aromatic rings. The molecule has 1 N–H and O–H groups in total. The monoisotopic (exact) mass is 378 g/mol. The molecule has 3 heterocycles. The topological polar surface area (TPSA) is 70.1 Å². The number of fused-ring (bicyclic) bond motifs is 2. The van der Waals surface area contributed by atoms with Crippen molar-refractivity contribution in [2.75, 3.05) is 26.2 Å². The molecule has 140 valence electrons. The van der Waals surface area contributed by atoms with E-state index in [2.05, 4.69) is 4.90 Å². The highest BCUT2D eigenvalue weighted by atomic mass is 35.5. The molecule has 0 aliphatic carbocycles. The summed E-state index contributed by atoms with van der Waals surface area (Å²) in [7, 11) is 0. The van der Waals surface area contributed by atoms with Crippen LogP contribution in [0.2, 0.25) is 5.02 Å². The number of hydrogen-bond acceptors (Lipinski definition) is 4. The zero-order valence-electron chi connectivity index (χ0n) is 14.5. The van der Waals surface area contributed by atoms with Gasteiger partial charge in [0.2, 0.25) is 5.91 Å². The Bertz CT molecular complexity index is 687. The maximum atomic E-state index is 13.0. The maximum absolute atomic E-state index is 13.0. The molecule has 6 nitrogen and oxygen atoms in total. The largest absolute Gasteiger partial charge is 0.481 e. The molecule has 0 saturated carbocycles. The number of ether oxygens (including phenoxy) is 1. The Morgan fingerprint density at radius 2 is 1.65 bits per heavy atom. The number of carbonyl (C=O) groups is 2. The minimum absolute atomic E-state index is 0.0456. The van der Waals surface area contributed by atoms with Gasteiger partial charge in [-0.15, -0.1) is 0 Å². The van der Waals surface area contributed by atoms with Crippen LogP contribution < -0.4 is 0 Å². The maximum Gasteiger partial charge on any atom is 0.310 e. The lowest BCUT2D eigenvalue weighted by atomic mass is 9.78. The second-order valence-electron chi connectivity index (χ2n) is 7.41. The number of amides is 1. The van der Waals surface area contributed by atoms with Gasteiger partial charge in [0.15, 0.2) is 0 Å². The Morgan fingerprint density at radius 1 is 1.04 bits per heavy atom. The first-order chi connectivity index (χ1) is 12.5. The van der Waals surface area contributed by atoms with E-state index in [1.54, 1.807) is 0 Å². The average molecular weight is 379 g/mol. The highest BCUT2D eigenvalue weighted by Gasteiger charge is 2.56. The number of halogens is 1. The van der Waals surface area contributed by atoms with E-state index in [0.29, 0.717) is 13.1 Å². The fourth-order valence-electron chi connectivity index (χ4n) is 4.49. The van der Waals surface area contributed by atoms with Crippen LogP contribution in [0.15, 0.2) is 24.3 Å². The summed E-state index contributed by atoms with van der Waals surface area (Å²) >= 11 is 5.92. The zero-order valence-corrected chi connectivity index (χ0v) is 15.3. The van der Waals surface area contributed by atoms with Crippen molar-refractivity contribution in [3.05, 3.63) is 34.9 Å². The smallest absolute Gasteiger partial charge is 0.310 e. The van der Waals surface area contributed by atoms with Gasteiger partial charge in [0.1, 0.15) is 0 Å². The van der Waals surface area contributed by atoms with Crippen LogP contribution in [0.1, 0.15) is 18.4 Å². The zero-order chi connectivity index (χ0) is 18.3. The molecule has 3 aliphatic rings. The highest BCUT2D eigenvalue weighted by Crippen LogP contribution is 2.44. The molecule has 0 radical (unpaired) electrons. The summed E-state index contributed by atoms with van der Waals surface area (Å²) in [6.45, 7) is 3.66. The molecular formula is C19H23ClN2O4. The third-order valence-corrected chi connectivity index (χ3v) is 6.10. The van der Waals surface area contributed by atoms with Crippen molar-refractivity contribution in [1.29, 1.82) is 0 Å². The number of carbonyl (C=O) groups excluding carboxylic acids is 1. The van der Waals surface area contributed by atoms with E-state index in [1.807, 2.05) is 29.2 Å². The van der Waals surface area contributed by atoms with Crippen LogP contribution in [0, 0.1) is 11.8 Å². The molecule has 3 aliphatic heterocycles. The second-order valence-corrected chi connectivity index (χ2v) is 7.84. The molecule has 0 aromatic heterocycles. The fourth-order valence-corrected chi connectivity index (χ4v) is 4.62. The standard InChI is InChI=1S/C19H23ClN2O4/c20-13-3-1-12(2-4-13)11-21-7-9-22(10-8-21)18(23)16-14-5-6-15(26-14)17(16)19(24)25/h1-4,14-17H,5-11H2,(H,24,25)/t14-,15-,16+,17+/m1/s1. The van der Waals surface area contributed by atoms with E-state index in [4.69, 9.17) is 16.3 Å². The van der Waals surface area contributed by atoms with Gasteiger partial charge in [-0.2, -0.15) is 0 Å². The van der Waals surface area contributed by atoms with Gasteiger partial charge < -0.3 is 14.7 Å². The summed E-state index contributed by atoms with van der Waals surface area (Å²) in [6.07, 6.45) is 1.03. The van der Waals surface area contributed by atoms with Crippen molar-refractivity contribution in [2.45, 2.75) is 31.6 Å². The molecule has 3 fully saturated rings. The van der Waals surface area contributed by atoms with Crippen molar-refractivity contribution in [1.82, 2.24) is 9.80 Å². The lowest BCUT2D eigenvalue weighted by molar-refractivity contribution is -0.151. The summed E-state index contributed by atoms with van der Waals surface area (Å²) in [5.74, 6) is -2.16. The minimum atomic E-state index is -0.906. The van der Waals surface area contributed by atoms with Gasteiger partial charge in [-0.25, -0.2) is 0 Å². The van der Waals surface area contributed by atoms with E-state index < -0.39 is 17.8 Å². The molecule has 26 heavy (non-hydrogen) atoms. The van der Waals surface area contributed by atoms with Crippen molar-refractivity contribution in [3.63, 3.8) is 0 Å². The van der Waals surface area contributed by atoms with Gasteiger partial charge in [-0.05, 0) is 30.5 Å². The predicted molar refractivity (Wildman–Crippen MR) is 95.8 cm³/mol. The van der Waals surface area contributed by atoms with Crippen LogP contribution in [0.25, 0.3) is 0 Å². The number of rotatable bonds is 4. The average Bonchev–Trinajstić information content (AvgIpc) is 3.25. The third-order valence-electron chi connectivity index (χ3n) is 5.85. The molecule has 2 bridgehead atoms. The minimum Gasteiger partial charge on any atom is -0.481 e. The van der Waals surface area contributed by atoms with Gasteiger partial charge >= 0.3 is 5.97 Å². The van der Waals surface area contributed by atoms with E-state index in [-0.39, 0.29) is 18.1 Å². The summed E-state index contributed by atoms with van der Waals surface area (Å²) in [5.41, 5.74) is 1.20. The van der Waals surface area contributed by atoms with Gasteiger partial charge in [-0.3, -0.25) is 14.5 Å². The Labute approximate surface area is 157 Å². The Morgan fingerprint density at radius 3 is 2.27 bits per heavy atom. The molecule has 4 atom stereocenters. The van der Waals surface area contributed by atoms with E-state index in [0.717, 1.165) is 37.5 Å². The number of carboxylic acids is 1. The molecule has 3 saturated heterocycles. The molecule has 7 heteroatoms. The molecule has 1 amide bonds. The molecule has 0 unspecified atom stereocenters. The molecule has 0 spiro atoms. The van der Waals surface area contributed by atoms with Gasteiger partial charge in [0, 0.05) is 37.7 Å². The first-order valence-electron chi connectivity index (χ1n) is 9.17. The van der Waals surface area contributed by atoms with Crippen LogP contribution in [0.4, 0.5) is 0 Å². The van der Waals surface area contributed by atoms with E-state index in [1.165, 1.54) is 5.56 Å². The van der Waals surface area contributed by atoms with Crippen molar-refractivity contribution in [3.8, 4) is 0 Å². The van der Waals surface area contributed by atoms with E-state index >= 15 is 0 Å². The molecule has 4 rings (SSSR count). The van der Waals surface area contributed by atoms with Crippen LogP contribution in [-0.4, -0.2) is 65.2 Å². The number of carboxylic acid groups (broad SMARTS) is 1. The SMILES string of the molecule is O=C(O)[C@@H]1[C@@H](C(=O)N2CCN(Cc3ccc(Cl)cc3)CC2)[C@H]2CC[C@H]1O2.